The number of nitrogens with one attached hydrogen (secondary N) is 1. The van der Waals surface area contributed by atoms with E-state index in [2.05, 4.69) is 20.4 Å². The molecule has 0 bridgehead atoms. The molecule has 1 amide bonds. The number of aryl methyl sites for hydroxylation is 1. The predicted octanol–water partition coefficient (Wildman–Crippen LogP) is 3.36. The number of ether oxygens (including phenoxy) is 4. The number of hydrogen-bond donors (Lipinski definition) is 1. The van der Waals surface area contributed by atoms with Crippen LogP contribution in [-0.4, -0.2) is 47.0 Å². The summed E-state index contributed by atoms with van der Waals surface area (Å²) in [5, 5.41) is 7.75. The predicted molar refractivity (Wildman–Crippen MR) is 121 cm³/mol. The Morgan fingerprint density at radius 2 is 1.73 bits per heavy atom. The molecule has 0 aliphatic heterocycles. The number of hydrogen-bond acceptors (Lipinski definition) is 8. The number of aromatic nitrogens is 4. The van der Waals surface area contributed by atoms with Crippen molar-refractivity contribution in [1.29, 1.82) is 0 Å². The number of carbonyl (C=O) groups excluding carboxylic acids is 1. The van der Waals surface area contributed by atoms with Crippen LogP contribution >= 0.6 is 0 Å². The Hall–Kier alpha value is -4.34. The molecule has 4 rings (SSSR count). The first kappa shape index (κ1) is 21.9. The zero-order chi connectivity index (χ0) is 23.4. The molecule has 4 aromatic rings. The second kappa shape index (κ2) is 9.43. The summed E-state index contributed by atoms with van der Waals surface area (Å²) in [6.45, 7) is 0. The molecule has 0 radical (unpaired) electrons. The Morgan fingerprint density at radius 1 is 0.970 bits per heavy atom. The van der Waals surface area contributed by atoms with Crippen LogP contribution in [0.5, 0.6) is 28.7 Å². The van der Waals surface area contributed by atoms with Gasteiger partial charge in [-0.15, -0.1) is 0 Å². The largest absolute Gasteiger partial charge is 0.493 e. The second-order valence-corrected chi connectivity index (χ2v) is 7.06. The third kappa shape index (κ3) is 4.79. The zero-order valence-corrected chi connectivity index (χ0v) is 18.7. The van der Waals surface area contributed by atoms with Gasteiger partial charge in [0.05, 0.1) is 45.7 Å². The number of carbonyl (C=O) groups is 1. The average molecular weight is 449 g/mol. The van der Waals surface area contributed by atoms with Crippen molar-refractivity contribution in [2.24, 2.45) is 7.05 Å². The van der Waals surface area contributed by atoms with Crippen LogP contribution in [0.1, 0.15) is 5.69 Å². The van der Waals surface area contributed by atoms with Gasteiger partial charge in [-0.3, -0.25) is 14.5 Å². The Bertz CT molecular complexity index is 1290. The minimum absolute atomic E-state index is 0.0677. The number of anilines is 1. The van der Waals surface area contributed by atoms with E-state index < -0.39 is 0 Å². The van der Waals surface area contributed by atoms with E-state index in [4.69, 9.17) is 18.9 Å². The molecule has 0 aliphatic rings. The van der Waals surface area contributed by atoms with E-state index in [9.17, 15) is 4.79 Å². The van der Waals surface area contributed by atoms with E-state index in [1.807, 2.05) is 6.07 Å². The molecule has 0 atom stereocenters. The number of rotatable bonds is 8. The van der Waals surface area contributed by atoms with Crippen molar-refractivity contribution in [1.82, 2.24) is 19.7 Å². The molecule has 3 heterocycles. The first-order valence-electron chi connectivity index (χ1n) is 10.0. The fourth-order valence-electron chi connectivity index (χ4n) is 3.32. The molecule has 0 saturated carbocycles. The standard InChI is InChI=1S/C23H23N5O5/c1-28-13-21(32-4)17(27-28)11-23(29)26-22-6-5-14(12-25-22)33-18-7-8-24-16-10-20(31-3)19(30-2)9-15(16)18/h5-10,12-13H,11H2,1-4H3,(H,25,26,29). The van der Waals surface area contributed by atoms with Crippen LogP contribution < -0.4 is 24.3 Å². The van der Waals surface area contributed by atoms with Crippen LogP contribution in [0.15, 0.2) is 48.9 Å². The Balaban J connectivity index is 1.47. The Morgan fingerprint density at radius 3 is 2.42 bits per heavy atom. The number of nitrogens with zero attached hydrogens (tertiary/aromatic N) is 4. The van der Waals surface area contributed by atoms with Crippen molar-refractivity contribution in [3.8, 4) is 28.7 Å². The van der Waals surface area contributed by atoms with Gasteiger partial charge in [0, 0.05) is 24.7 Å². The summed E-state index contributed by atoms with van der Waals surface area (Å²) >= 11 is 0. The van der Waals surface area contributed by atoms with E-state index in [1.165, 1.54) is 13.3 Å². The molecule has 1 N–H and O–H groups in total. The number of methoxy groups -OCH3 is 3. The fraction of sp³-hybridized carbons (Fsp3) is 0.217. The van der Waals surface area contributed by atoms with E-state index in [1.54, 1.807) is 62.6 Å². The molecule has 10 nitrogen and oxygen atoms in total. The van der Waals surface area contributed by atoms with E-state index in [0.717, 1.165) is 5.39 Å². The summed E-state index contributed by atoms with van der Waals surface area (Å²) in [5.41, 5.74) is 1.25. The Labute approximate surface area is 190 Å². The van der Waals surface area contributed by atoms with Crippen molar-refractivity contribution in [2.45, 2.75) is 6.42 Å². The summed E-state index contributed by atoms with van der Waals surface area (Å²) in [5.74, 6) is 2.94. The SMILES string of the molecule is COc1cc2nccc(Oc3ccc(NC(=O)Cc4nn(C)cc4OC)nc3)c2cc1OC. The van der Waals surface area contributed by atoms with Crippen LogP contribution in [0.4, 0.5) is 5.82 Å². The van der Waals surface area contributed by atoms with Gasteiger partial charge in [-0.05, 0) is 24.3 Å². The molecule has 3 aromatic heterocycles. The molecule has 0 fully saturated rings. The topological polar surface area (TPSA) is 110 Å². The molecule has 1 aromatic carbocycles. The van der Waals surface area contributed by atoms with Crippen molar-refractivity contribution in [2.75, 3.05) is 26.6 Å². The lowest BCUT2D eigenvalue weighted by atomic mass is 10.2. The summed E-state index contributed by atoms with van der Waals surface area (Å²) in [4.78, 5) is 21.0. The van der Waals surface area contributed by atoms with Crippen molar-refractivity contribution < 1.29 is 23.7 Å². The average Bonchev–Trinajstić information content (AvgIpc) is 3.18. The highest BCUT2D eigenvalue weighted by atomic mass is 16.5. The lowest BCUT2D eigenvalue weighted by Crippen LogP contribution is -2.16. The van der Waals surface area contributed by atoms with Crippen LogP contribution in [-0.2, 0) is 18.3 Å². The van der Waals surface area contributed by atoms with Gasteiger partial charge in [0.2, 0.25) is 5.91 Å². The molecular weight excluding hydrogens is 426 g/mol. The highest BCUT2D eigenvalue weighted by Crippen LogP contribution is 2.36. The maximum Gasteiger partial charge on any atom is 0.231 e. The summed E-state index contributed by atoms with van der Waals surface area (Å²) < 4.78 is 23.6. The lowest BCUT2D eigenvalue weighted by molar-refractivity contribution is -0.115. The van der Waals surface area contributed by atoms with E-state index >= 15 is 0 Å². The maximum absolute atomic E-state index is 12.4. The monoisotopic (exact) mass is 449 g/mol. The Kier molecular flexibility index (Phi) is 6.25. The fourth-order valence-corrected chi connectivity index (χ4v) is 3.32. The normalized spacial score (nSPS) is 10.7. The van der Waals surface area contributed by atoms with Gasteiger partial charge in [0.15, 0.2) is 17.2 Å². The highest BCUT2D eigenvalue weighted by Gasteiger charge is 2.14. The highest BCUT2D eigenvalue weighted by molar-refractivity contribution is 5.91. The molecular formula is C23H23N5O5. The van der Waals surface area contributed by atoms with Gasteiger partial charge in [-0.1, -0.05) is 0 Å². The molecule has 33 heavy (non-hydrogen) atoms. The van der Waals surface area contributed by atoms with Crippen LogP contribution in [0, 0.1) is 0 Å². The van der Waals surface area contributed by atoms with Gasteiger partial charge in [-0.25, -0.2) is 4.98 Å². The quantitative estimate of drug-likeness (QED) is 0.436. The molecule has 170 valence electrons. The number of pyridine rings is 2. The zero-order valence-electron chi connectivity index (χ0n) is 18.7. The maximum atomic E-state index is 12.4. The number of benzene rings is 1. The second-order valence-electron chi connectivity index (χ2n) is 7.06. The molecule has 0 aliphatic carbocycles. The summed E-state index contributed by atoms with van der Waals surface area (Å²) in [7, 11) is 6.45. The van der Waals surface area contributed by atoms with Crippen molar-refractivity contribution in [3.63, 3.8) is 0 Å². The summed E-state index contributed by atoms with van der Waals surface area (Å²) in [6.07, 6.45) is 4.96. The van der Waals surface area contributed by atoms with Crippen molar-refractivity contribution >= 4 is 22.6 Å². The molecule has 0 saturated heterocycles. The van der Waals surface area contributed by atoms with Crippen LogP contribution in [0.25, 0.3) is 10.9 Å². The van der Waals surface area contributed by atoms with E-state index in [0.29, 0.717) is 45.8 Å². The van der Waals surface area contributed by atoms with Gasteiger partial charge < -0.3 is 24.3 Å². The smallest absolute Gasteiger partial charge is 0.231 e. The number of amides is 1. The minimum Gasteiger partial charge on any atom is -0.493 e. The first-order valence-corrected chi connectivity index (χ1v) is 10.0. The third-order valence-corrected chi connectivity index (χ3v) is 4.85. The van der Waals surface area contributed by atoms with Crippen molar-refractivity contribution in [3.05, 3.63) is 54.6 Å². The van der Waals surface area contributed by atoms with Gasteiger partial charge >= 0.3 is 0 Å². The van der Waals surface area contributed by atoms with E-state index in [-0.39, 0.29) is 12.3 Å². The van der Waals surface area contributed by atoms with Gasteiger partial charge in [0.25, 0.3) is 0 Å². The third-order valence-electron chi connectivity index (χ3n) is 4.85. The lowest BCUT2D eigenvalue weighted by Gasteiger charge is -2.12. The summed E-state index contributed by atoms with van der Waals surface area (Å²) in [6, 6.07) is 8.73. The van der Waals surface area contributed by atoms with Gasteiger partial charge in [-0.2, -0.15) is 5.10 Å². The van der Waals surface area contributed by atoms with Gasteiger partial charge in [0.1, 0.15) is 23.0 Å². The molecule has 0 unspecified atom stereocenters. The first-order chi connectivity index (χ1) is 16.0. The van der Waals surface area contributed by atoms with Crippen LogP contribution in [0.3, 0.4) is 0 Å². The molecule has 10 heteroatoms. The number of fused-ring (bicyclic) bond motifs is 1. The minimum atomic E-state index is -0.255. The molecule has 0 spiro atoms. The van der Waals surface area contributed by atoms with Crippen LogP contribution in [0.2, 0.25) is 0 Å².